The number of aromatic nitrogens is 4. The Bertz CT molecular complexity index is 1800. The van der Waals surface area contributed by atoms with Crippen LogP contribution in [0.5, 0.6) is 11.8 Å². The molecule has 6 rings (SSSR count). The first-order valence-electron chi connectivity index (χ1n) is 14.8. The molecule has 3 heterocycles. The molecule has 1 fully saturated rings. The Balaban J connectivity index is 1.23. The lowest BCUT2D eigenvalue weighted by molar-refractivity contribution is -0.119. The van der Waals surface area contributed by atoms with Gasteiger partial charge in [0.2, 0.25) is 17.7 Å². The van der Waals surface area contributed by atoms with Crippen LogP contribution in [0.3, 0.4) is 0 Å². The molecule has 2 aromatic carbocycles. The minimum Gasteiger partial charge on any atom is -0.480 e. The summed E-state index contributed by atoms with van der Waals surface area (Å²) in [5.41, 5.74) is 6.15. The monoisotopic (exact) mass is 661 g/mol. The number of nitrogens with one attached hydrogen (secondary N) is 3. The molecule has 1 aliphatic carbocycles. The van der Waals surface area contributed by atoms with Gasteiger partial charge in [0.15, 0.2) is 0 Å². The van der Waals surface area contributed by atoms with Gasteiger partial charge < -0.3 is 30.5 Å². The van der Waals surface area contributed by atoms with Crippen molar-refractivity contribution >= 4 is 29.1 Å². The highest BCUT2D eigenvalue weighted by atomic mass is 35.5. The smallest absolute Gasteiger partial charge is 0.237 e. The molecule has 1 aliphatic heterocycles. The molecule has 2 atom stereocenters. The Hall–Kier alpha value is -4.29. The summed E-state index contributed by atoms with van der Waals surface area (Å²) < 4.78 is 11.1. The van der Waals surface area contributed by atoms with Crippen molar-refractivity contribution in [3.05, 3.63) is 82.0 Å². The van der Waals surface area contributed by atoms with Crippen LogP contribution in [-0.4, -0.2) is 64.4 Å². The van der Waals surface area contributed by atoms with Gasteiger partial charge in [0.05, 0.1) is 61.2 Å². The molecule has 238 valence electrons. The number of ether oxygens (including phenoxy) is 2. The van der Waals surface area contributed by atoms with E-state index >= 15 is 0 Å². The molecule has 1 amide bonds. The minimum absolute atomic E-state index is 0.0810. The number of nitrogens with zero attached hydrogens (tertiary/aromatic N) is 4. The molecular formula is C33H33Cl2N7O4. The number of benzene rings is 2. The lowest BCUT2D eigenvalue weighted by atomic mass is 9.98. The number of carbonyl (C=O) groups is 1. The quantitative estimate of drug-likeness (QED) is 0.161. The first-order chi connectivity index (χ1) is 22.4. The summed E-state index contributed by atoms with van der Waals surface area (Å²) in [6, 6.07) is 11.4. The third kappa shape index (κ3) is 6.78. The van der Waals surface area contributed by atoms with Crippen LogP contribution < -0.4 is 25.4 Å². The highest BCUT2D eigenvalue weighted by molar-refractivity contribution is 6.39. The van der Waals surface area contributed by atoms with Crippen molar-refractivity contribution in [1.82, 2.24) is 35.9 Å². The first-order valence-corrected chi connectivity index (χ1v) is 15.6. The number of hydrogen-bond acceptors (Lipinski definition) is 10. The van der Waals surface area contributed by atoms with E-state index in [2.05, 4.69) is 30.9 Å². The molecule has 4 aromatic rings. The number of aliphatic hydroxyl groups excluding tert-OH is 1. The number of carbonyl (C=O) groups excluding carboxylic acids is 1. The minimum atomic E-state index is 0.0810. The highest BCUT2D eigenvalue weighted by Gasteiger charge is 2.24. The first kappa shape index (κ1) is 31.7. The van der Waals surface area contributed by atoms with Crippen molar-refractivity contribution in [2.24, 2.45) is 5.92 Å². The van der Waals surface area contributed by atoms with E-state index in [-0.39, 0.29) is 24.5 Å². The van der Waals surface area contributed by atoms with E-state index in [4.69, 9.17) is 37.7 Å². The number of hydrogen-bond donors (Lipinski definition) is 4. The average molecular weight is 663 g/mol. The Morgan fingerprint density at radius 3 is 1.96 bits per heavy atom. The van der Waals surface area contributed by atoms with E-state index in [0.717, 1.165) is 12.1 Å². The summed E-state index contributed by atoms with van der Waals surface area (Å²) in [5, 5.41) is 19.7. The zero-order chi connectivity index (χ0) is 32.2. The van der Waals surface area contributed by atoms with E-state index < -0.39 is 0 Å². The fraction of sp³-hybridized carbons (Fsp3) is 0.303. The maximum atomic E-state index is 11.5. The van der Waals surface area contributed by atoms with Gasteiger partial charge in [-0.1, -0.05) is 65.7 Å². The van der Waals surface area contributed by atoms with E-state index in [0.29, 0.717) is 92.9 Å². The number of methoxy groups -OCH3 is 2. The predicted octanol–water partition coefficient (Wildman–Crippen LogP) is 4.56. The van der Waals surface area contributed by atoms with Gasteiger partial charge >= 0.3 is 0 Å². The van der Waals surface area contributed by atoms with Gasteiger partial charge in [0.1, 0.15) is 11.4 Å². The molecule has 0 radical (unpaired) electrons. The molecule has 2 aromatic heterocycles. The number of rotatable bonds is 13. The normalized spacial score (nSPS) is 17.0. The molecule has 0 bridgehead atoms. The van der Waals surface area contributed by atoms with Gasteiger partial charge in [0, 0.05) is 59.4 Å². The average Bonchev–Trinajstić information content (AvgIpc) is 3.73. The summed E-state index contributed by atoms with van der Waals surface area (Å²) in [5.74, 6) is 0.928. The lowest BCUT2D eigenvalue weighted by Crippen LogP contribution is -2.35. The van der Waals surface area contributed by atoms with Crippen molar-refractivity contribution in [2.75, 3.05) is 27.4 Å². The Labute approximate surface area is 276 Å². The van der Waals surface area contributed by atoms with Crippen LogP contribution >= 0.6 is 23.2 Å². The Kier molecular flexibility index (Phi) is 9.64. The van der Waals surface area contributed by atoms with Gasteiger partial charge in [-0.25, -0.2) is 9.97 Å². The molecule has 11 nitrogen and oxygen atoms in total. The second-order valence-corrected chi connectivity index (χ2v) is 11.7. The molecule has 1 saturated heterocycles. The van der Waals surface area contributed by atoms with E-state index in [1.165, 1.54) is 0 Å². The zero-order valence-electron chi connectivity index (χ0n) is 25.3. The third-order valence-electron chi connectivity index (χ3n) is 7.95. The fourth-order valence-electron chi connectivity index (χ4n) is 5.39. The van der Waals surface area contributed by atoms with Gasteiger partial charge in [-0.3, -0.25) is 14.8 Å². The highest BCUT2D eigenvalue weighted by Crippen LogP contribution is 2.42. The maximum absolute atomic E-state index is 11.5. The van der Waals surface area contributed by atoms with Crippen LogP contribution in [0.4, 0.5) is 0 Å². The number of amides is 1. The fourth-order valence-corrected chi connectivity index (χ4v) is 6.04. The molecule has 2 aliphatic rings. The molecule has 0 spiro atoms. The van der Waals surface area contributed by atoms with Crippen molar-refractivity contribution in [3.63, 3.8) is 0 Å². The zero-order valence-corrected chi connectivity index (χ0v) is 26.8. The van der Waals surface area contributed by atoms with Gasteiger partial charge in [-0.15, -0.1) is 0 Å². The number of aliphatic hydroxyl groups is 1. The summed E-state index contributed by atoms with van der Waals surface area (Å²) >= 11 is 14.0. The third-order valence-corrected chi connectivity index (χ3v) is 8.76. The predicted molar refractivity (Wildman–Crippen MR) is 175 cm³/mol. The Morgan fingerprint density at radius 2 is 1.46 bits per heavy atom. The molecule has 46 heavy (non-hydrogen) atoms. The van der Waals surface area contributed by atoms with E-state index in [9.17, 15) is 9.90 Å². The van der Waals surface area contributed by atoms with Crippen molar-refractivity contribution in [2.45, 2.75) is 32.0 Å². The largest absolute Gasteiger partial charge is 0.480 e. The van der Waals surface area contributed by atoms with E-state index in [1.807, 2.05) is 42.5 Å². The van der Waals surface area contributed by atoms with Crippen LogP contribution in [0.25, 0.3) is 33.6 Å². The topological polar surface area (TPSA) is 143 Å². The van der Waals surface area contributed by atoms with Crippen LogP contribution in [0.15, 0.2) is 60.6 Å². The van der Waals surface area contributed by atoms with Crippen LogP contribution in [0.2, 0.25) is 10.0 Å². The van der Waals surface area contributed by atoms with Crippen molar-refractivity contribution in [1.29, 1.82) is 0 Å². The van der Waals surface area contributed by atoms with Gasteiger partial charge in [0.25, 0.3) is 0 Å². The second-order valence-electron chi connectivity index (χ2n) is 11.0. The molecular weight excluding hydrogens is 629 g/mol. The summed E-state index contributed by atoms with van der Waals surface area (Å²) in [7, 11) is 3.10. The van der Waals surface area contributed by atoms with Crippen LogP contribution in [-0.2, 0) is 17.9 Å². The molecule has 4 N–H and O–H groups in total. The summed E-state index contributed by atoms with van der Waals surface area (Å²) in [4.78, 5) is 30.1. The van der Waals surface area contributed by atoms with Crippen LogP contribution in [0.1, 0.15) is 24.2 Å². The van der Waals surface area contributed by atoms with Gasteiger partial charge in [-0.2, -0.15) is 0 Å². The lowest BCUT2D eigenvalue weighted by Gasteiger charge is -2.15. The SMILES string of the molecule is COc1nc(-c2cccc(-c3cccc(-c4cnc(CNC5=C[C@H]5CO)c(OC)n4)c3Cl)c2Cl)cnc1CNC[C@@H]1CCC(=O)N1. The standard InChI is InChI=1S/C33H33Cl2N7O4/c1-45-32-27(13-36-12-19-9-10-29(44)40-19)38-14-25(41-32)22-7-3-5-20(30(22)34)21-6-4-8-23(31(21)35)26-15-39-28(33(42-26)46-2)16-37-24-11-18(24)17-43/h3-8,11,14-15,18-19,36-37,43H,9-10,12-13,16-17H2,1-2H3,(H,40,44)/t18-,19-/m0/s1. The summed E-state index contributed by atoms with van der Waals surface area (Å²) in [6.45, 7) is 1.57. The molecule has 13 heteroatoms. The van der Waals surface area contributed by atoms with Crippen molar-refractivity contribution < 1.29 is 19.4 Å². The number of halogens is 2. The van der Waals surface area contributed by atoms with E-state index in [1.54, 1.807) is 26.6 Å². The van der Waals surface area contributed by atoms with Gasteiger partial charge in [-0.05, 0) is 6.42 Å². The second kappa shape index (κ2) is 14.0. The molecule has 0 saturated carbocycles. The summed E-state index contributed by atoms with van der Waals surface area (Å²) in [6.07, 6.45) is 6.65. The maximum Gasteiger partial charge on any atom is 0.237 e. The van der Waals surface area contributed by atoms with Crippen LogP contribution in [0, 0.1) is 5.92 Å². The van der Waals surface area contributed by atoms with Crippen molar-refractivity contribution in [3.8, 4) is 45.4 Å². The Morgan fingerprint density at radius 1 is 0.891 bits per heavy atom. The molecule has 0 unspecified atom stereocenters.